The molecule has 190 valence electrons. The van der Waals surface area contributed by atoms with Crippen LogP contribution >= 0.6 is 0 Å². The fourth-order valence-electron chi connectivity index (χ4n) is 2.68. The van der Waals surface area contributed by atoms with Gasteiger partial charge in [0.05, 0.1) is 13.2 Å². The van der Waals surface area contributed by atoms with E-state index in [4.69, 9.17) is 4.74 Å². The van der Waals surface area contributed by atoms with Crippen molar-refractivity contribution in [1.29, 1.82) is 0 Å². The van der Waals surface area contributed by atoms with Crippen molar-refractivity contribution in [3.63, 3.8) is 0 Å². The Morgan fingerprint density at radius 3 is 1.69 bits per heavy atom. The molecule has 1 rings (SSSR count). The molecule has 1 heterocycles. The van der Waals surface area contributed by atoms with Gasteiger partial charge in [0.15, 0.2) is 0 Å². The summed E-state index contributed by atoms with van der Waals surface area (Å²) in [5, 5.41) is 2.86. The number of ether oxygens (including phenoxy) is 1. The van der Waals surface area contributed by atoms with Crippen LogP contribution in [0.1, 0.15) is 81.6 Å². The molecule has 0 aromatic rings. The summed E-state index contributed by atoms with van der Waals surface area (Å²) >= 11 is 0. The first-order valence-electron chi connectivity index (χ1n) is 11.9. The lowest BCUT2D eigenvalue weighted by Gasteiger charge is -2.27. The number of nitrogens with one attached hydrogen (secondary N) is 1. The topological polar surface area (TPSA) is 79.0 Å². The first-order chi connectivity index (χ1) is 14.5. The van der Waals surface area contributed by atoms with E-state index in [2.05, 4.69) is 39.9 Å². The van der Waals surface area contributed by atoms with Crippen LogP contribution in [0.5, 0.6) is 0 Å². The Morgan fingerprint density at radius 1 is 0.906 bits per heavy atom. The Bertz CT molecular complexity index is 532. The van der Waals surface area contributed by atoms with Crippen molar-refractivity contribution in [3.8, 4) is 0 Å². The summed E-state index contributed by atoms with van der Waals surface area (Å²) in [6.07, 6.45) is 1.93. The molecule has 3 amide bonds. The van der Waals surface area contributed by atoms with Gasteiger partial charge in [-0.2, -0.15) is 0 Å². The highest BCUT2D eigenvalue weighted by molar-refractivity contribution is 5.77. The molecule has 1 aliphatic heterocycles. The van der Waals surface area contributed by atoms with Crippen molar-refractivity contribution < 1.29 is 19.1 Å². The van der Waals surface area contributed by atoms with Crippen molar-refractivity contribution >= 4 is 17.7 Å². The van der Waals surface area contributed by atoms with Crippen LogP contribution in [0.4, 0.5) is 0 Å². The summed E-state index contributed by atoms with van der Waals surface area (Å²) in [7, 11) is 3.56. The van der Waals surface area contributed by atoms with E-state index in [0.717, 1.165) is 13.1 Å². The normalized spacial score (nSPS) is 13.8. The fraction of sp³-hybridized carbons (Fsp3) is 0.880. The van der Waals surface area contributed by atoms with Crippen molar-refractivity contribution in [2.24, 2.45) is 17.3 Å². The van der Waals surface area contributed by atoms with Crippen molar-refractivity contribution in [2.75, 3.05) is 40.4 Å². The van der Waals surface area contributed by atoms with Crippen LogP contribution in [0.15, 0.2) is 0 Å². The molecule has 0 aromatic carbocycles. The summed E-state index contributed by atoms with van der Waals surface area (Å²) in [6.45, 7) is 21.3. The molecule has 7 nitrogen and oxygen atoms in total. The van der Waals surface area contributed by atoms with E-state index in [9.17, 15) is 14.4 Å². The summed E-state index contributed by atoms with van der Waals surface area (Å²) in [5.74, 6) is 1.56. The zero-order chi connectivity index (χ0) is 25.5. The summed E-state index contributed by atoms with van der Waals surface area (Å²) in [5.41, 5.74) is 0.0962. The lowest BCUT2D eigenvalue weighted by atomic mass is 9.92. The quantitative estimate of drug-likeness (QED) is 0.655. The molecule has 0 spiro atoms. The van der Waals surface area contributed by atoms with Gasteiger partial charge in [-0.15, -0.1) is 0 Å². The van der Waals surface area contributed by atoms with Crippen molar-refractivity contribution in [3.05, 3.63) is 0 Å². The average Bonchev–Trinajstić information content (AvgIpc) is 2.60. The third-order valence-corrected chi connectivity index (χ3v) is 4.17. The lowest BCUT2D eigenvalue weighted by molar-refractivity contribution is -0.136. The number of hydrogen-bond acceptors (Lipinski definition) is 4. The number of rotatable bonds is 6. The Hall–Kier alpha value is -1.63. The zero-order valence-corrected chi connectivity index (χ0v) is 22.7. The second-order valence-electron chi connectivity index (χ2n) is 10.9. The molecule has 1 N–H and O–H groups in total. The van der Waals surface area contributed by atoms with Gasteiger partial charge >= 0.3 is 0 Å². The molecular weight excluding hydrogens is 406 g/mol. The molecule has 0 unspecified atom stereocenters. The van der Waals surface area contributed by atoms with Gasteiger partial charge in [-0.25, -0.2) is 0 Å². The average molecular weight is 458 g/mol. The first kappa shape index (κ1) is 32.5. The van der Waals surface area contributed by atoms with E-state index < -0.39 is 0 Å². The standard InChI is InChI=1S/C9H17NO2.C9H19NO.C7H15NO/c1-8(2)7-9(11)10-3-5-12-6-4-10;1-7(2)10-8(11)6-9(3,4)5;1-6(2)5-7(9)8(3)4/h8H,3-7H2,1-2H3;7H,6H2,1-5H3,(H,10,11);6H,5H2,1-4H3. The molecule has 0 atom stereocenters. The number of hydrogen-bond donors (Lipinski definition) is 1. The molecule has 32 heavy (non-hydrogen) atoms. The molecule has 0 saturated carbocycles. The predicted octanol–water partition coefficient (Wildman–Crippen LogP) is 3.96. The van der Waals surface area contributed by atoms with Crippen LogP contribution < -0.4 is 5.32 Å². The van der Waals surface area contributed by atoms with Gasteiger partial charge in [0.2, 0.25) is 17.7 Å². The molecule has 1 saturated heterocycles. The van der Waals surface area contributed by atoms with Crippen molar-refractivity contribution in [2.45, 2.75) is 87.6 Å². The van der Waals surface area contributed by atoms with Crippen LogP contribution in [0, 0.1) is 17.3 Å². The highest BCUT2D eigenvalue weighted by Crippen LogP contribution is 2.17. The third kappa shape index (κ3) is 21.6. The molecule has 0 aromatic heterocycles. The fourth-order valence-corrected chi connectivity index (χ4v) is 2.68. The van der Waals surface area contributed by atoms with Crippen LogP contribution in [0.25, 0.3) is 0 Å². The first-order valence-corrected chi connectivity index (χ1v) is 11.9. The maximum Gasteiger partial charge on any atom is 0.222 e. The van der Waals surface area contributed by atoms with E-state index in [1.807, 2.05) is 32.6 Å². The molecule has 7 heteroatoms. The number of carbonyl (C=O) groups is 3. The second-order valence-corrected chi connectivity index (χ2v) is 10.9. The monoisotopic (exact) mass is 457 g/mol. The largest absolute Gasteiger partial charge is 0.378 e. The third-order valence-electron chi connectivity index (χ3n) is 4.17. The number of carbonyl (C=O) groups excluding carboxylic acids is 3. The minimum atomic E-state index is 0.0962. The smallest absolute Gasteiger partial charge is 0.222 e. The van der Waals surface area contributed by atoms with Crippen LogP contribution in [0.2, 0.25) is 0 Å². The second kappa shape index (κ2) is 16.9. The van der Waals surface area contributed by atoms with Gasteiger partial charge in [-0.3, -0.25) is 14.4 Å². The van der Waals surface area contributed by atoms with Crippen LogP contribution in [-0.2, 0) is 19.1 Å². The molecule has 1 fully saturated rings. The summed E-state index contributed by atoms with van der Waals surface area (Å²) in [4.78, 5) is 37.0. The van der Waals surface area contributed by atoms with Gasteiger partial charge in [0.25, 0.3) is 0 Å². The Balaban J connectivity index is 0. The Kier molecular flexibility index (Phi) is 17.2. The zero-order valence-electron chi connectivity index (χ0n) is 22.7. The van der Waals surface area contributed by atoms with E-state index in [0.29, 0.717) is 44.3 Å². The van der Waals surface area contributed by atoms with Crippen LogP contribution in [-0.4, -0.2) is 74.0 Å². The van der Waals surface area contributed by atoms with Gasteiger partial charge < -0.3 is 19.9 Å². The molecule has 0 aliphatic carbocycles. The minimum absolute atomic E-state index is 0.0962. The SMILES string of the molecule is CC(C)CC(=O)N(C)C.CC(C)CC(=O)N1CCOCC1.CC(C)NC(=O)CC(C)(C)C. The van der Waals surface area contributed by atoms with Crippen LogP contribution in [0.3, 0.4) is 0 Å². The van der Waals surface area contributed by atoms with Gasteiger partial charge in [0.1, 0.15) is 0 Å². The maximum atomic E-state index is 11.5. The number of amides is 3. The number of morpholine rings is 1. The Morgan fingerprint density at radius 2 is 1.38 bits per heavy atom. The number of nitrogens with zero attached hydrogens (tertiary/aromatic N) is 2. The highest BCUT2D eigenvalue weighted by Gasteiger charge is 2.17. The van der Waals surface area contributed by atoms with Gasteiger partial charge in [-0.05, 0) is 31.1 Å². The van der Waals surface area contributed by atoms with E-state index >= 15 is 0 Å². The maximum absolute atomic E-state index is 11.5. The molecule has 1 aliphatic rings. The van der Waals surface area contributed by atoms with E-state index in [-0.39, 0.29) is 29.2 Å². The highest BCUT2D eigenvalue weighted by atomic mass is 16.5. The van der Waals surface area contributed by atoms with Crippen molar-refractivity contribution in [1.82, 2.24) is 15.1 Å². The van der Waals surface area contributed by atoms with Gasteiger partial charge in [-0.1, -0.05) is 48.5 Å². The minimum Gasteiger partial charge on any atom is -0.378 e. The van der Waals surface area contributed by atoms with E-state index in [1.54, 1.807) is 19.0 Å². The Labute approximate surface area is 197 Å². The lowest BCUT2D eigenvalue weighted by Crippen LogP contribution is -2.41. The molecular formula is C25H51N3O4. The van der Waals surface area contributed by atoms with E-state index in [1.165, 1.54) is 0 Å². The molecule has 0 bridgehead atoms. The van der Waals surface area contributed by atoms with Gasteiger partial charge in [0, 0.05) is 52.5 Å². The predicted molar refractivity (Wildman–Crippen MR) is 132 cm³/mol. The summed E-state index contributed by atoms with van der Waals surface area (Å²) < 4.78 is 5.16. The molecule has 0 radical (unpaired) electrons. The summed E-state index contributed by atoms with van der Waals surface area (Å²) in [6, 6.07) is 0.254.